The molecule has 1 aromatic carbocycles. The number of hydrogen-bond donors (Lipinski definition) is 2. The molecule has 0 radical (unpaired) electrons. The third kappa shape index (κ3) is 1.84. The van der Waals surface area contributed by atoms with Gasteiger partial charge in [0.1, 0.15) is 0 Å². The van der Waals surface area contributed by atoms with Gasteiger partial charge in [-0.1, -0.05) is 18.2 Å². The molecule has 0 unspecified atom stereocenters. The minimum atomic E-state index is -0.243. The SMILES string of the molecule is Cc1ccc(-c2c[nH]c(=O)c(N)c2)cc1C. The van der Waals surface area contributed by atoms with Crippen molar-refractivity contribution in [3.05, 3.63) is 51.9 Å². The molecule has 1 heterocycles. The lowest BCUT2D eigenvalue weighted by Crippen LogP contribution is -2.10. The molecule has 0 saturated carbocycles. The summed E-state index contributed by atoms with van der Waals surface area (Å²) in [5.41, 5.74) is 10.1. The van der Waals surface area contributed by atoms with Crippen molar-refractivity contribution in [2.75, 3.05) is 5.73 Å². The van der Waals surface area contributed by atoms with Crippen molar-refractivity contribution in [2.45, 2.75) is 13.8 Å². The van der Waals surface area contributed by atoms with E-state index in [-0.39, 0.29) is 11.2 Å². The minimum absolute atomic E-state index is 0.243. The van der Waals surface area contributed by atoms with Gasteiger partial charge in [0.2, 0.25) is 0 Å². The Morgan fingerprint density at radius 1 is 1.06 bits per heavy atom. The van der Waals surface area contributed by atoms with Gasteiger partial charge in [-0.2, -0.15) is 0 Å². The van der Waals surface area contributed by atoms with Gasteiger partial charge >= 0.3 is 0 Å². The first-order valence-electron chi connectivity index (χ1n) is 5.14. The number of aromatic nitrogens is 1. The molecule has 0 saturated heterocycles. The second-order valence-electron chi connectivity index (χ2n) is 3.97. The highest BCUT2D eigenvalue weighted by Crippen LogP contribution is 2.21. The van der Waals surface area contributed by atoms with Crippen LogP contribution in [-0.2, 0) is 0 Å². The summed E-state index contributed by atoms with van der Waals surface area (Å²) in [6, 6.07) is 7.87. The Morgan fingerprint density at radius 3 is 2.44 bits per heavy atom. The summed E-state index contributed by atoms with van der Waals surface area (Å²) < 4.78 is 0. The van der Waals surface area contributed by atoms with Crippen LogP contribution >= 0.6 is 0 Å². The number of benzene rings is 1. The number of H-pyrrole nitrogens is 1. The van der Waals surface area contributed by atoms with E-state index in [1.807, 2.05) is 6.07 Å². The van der Waals surface area contributed by atoms with E-state index in [2.05, 4.69) is 31.0 Å². The Labute approximate surface area is 93.9 Å². The number of nitrogens with one attached hydrogen (secondary N) is 1. The summed E-state index contributed by atoms with van der Waals surface area (Å²) in [6.45, 7) is 4.13. The zero-order chi connectivity index (χ0) is 11.7. The van der Waals surface area contributed by atoms with Crippen LogP contribution in [0.3, 0.4) is 0 Å². The zero-order valence-corrected chi connectivity index (χ0v) is 9.37. The van der Waals surface area contributed by atoms with E-state index in [1.165, 1.54) is 11.1 Å². The van der Waals surface area contributed by atoms with Crippen molar-refractivity contribution in [2.24, 2.45) is 0 Å². The topological polar surface area (TPSA) is 58.9 Å². The van der Waals surface area contributed by atoms with Gasteiger partial charge < -0.3 is 10.7 Å². The van der Waals surface area contributed by atoms with Crippen molar-refractivity contribution in [3.63, 3.8) is 0 Å². The van der Waals surface area contributed by atoms with Gasteiger partial charge in [-0.25, -0.2) is 0 Å². The Balaban J connectivity index is 2.54. The van der Waals surface area contributed by atoms with Crippen LogP contribution in [0.5, 0.6) is 0 Å². The van der Waals surface area contributed by atoms with Gasteiger partial charge in [0.25, 0.3) is 5.56 Å². The molecule has 82 valence electrons. The van der Waals surface area contributed by atoms with Crippen LogP contribution < -0.4 is 11.3 Å². The molecule has 1 aromatic heterocycles. The number of aromatic amines is 1. The second kappa shape index (κ2) is 3.85. The summed E-state index contributed by atoms with van der Waals surface area (Å²) in [4.78, 5) is 13.8. The average Bonchev–Trinajstić information content (AvgIpc) is 2.26. The Kier molecular flexibility index (Phi) is 2.52. The van der Waals surface area contributed by atoms with E-state index in [4.69, 9.17) is 5.73 Å². The maximum absolute atomic E-state index is 11.1. The quantitative estimate of drug-likeness (QED) is 0.764. The number of rotatable bonds is 1. The van der Waals surface area contributed by atoms with Crippen molar-refractivity contribution in [1.29, 1.82) is 0 Å². The van der Waals surface area contributed by atoms with Gasteiger partial charge in [0.15, 0.2) is 0 Å². The number of pyridine rings is 1. The van der Waals surface area contributed by atoms with Crippen LogP contribution in [0.25, 0.3) is 11.1 Å². The highest BCUT2D eigenvalue weighted by molar-refractivity contribution is 5.66. The van der Waals surface area contributed by atoms with Crippen molar-refractivity contribution in [3.8, 4) is 11.1 Å². The zero-order valence-electron chi connectivity index (χ0n) is 9.37. The van der Waals surface area contributed by atoms with Crippen LogP contribution in [0.2, 0.25) is 0 Å². The summed E-state index contributed by atoms with van der Waals surface area (Å²) >= 11 is 0. The maximum atomic E-state index is 11.1. The van der Waals surface area contributed by atoms with E-state index < -0.39 is 0 Å². The molecular weight excluding hydrogens is 200 g/mol. The van der Waals surface area contributed by atoms with E-state index in [1.54, 1.807) is 12.3 Å². The number of nitrogen functional groups attached to an aromatic ring is 1. The highest BCUT2D eigenvalue weighted by Gasteiger charge is 2.02. The molecule has 0 amide bonds. The van der Waals surface area contributed by atoms with E-state index in [9.17, 15) is 4.79 Å². The van der Waals surface area contributed by atoms with Gasteiger partial charge in [-0.05, 0) is 36.6 Å². The van der Waals surface area contributed by atoms with Crippen LogP contribution in [0, 0.1) is 13.8 Å². The fourth-order valence-electron chi connectivity index (χ4n) is 1.59. The normalized spacial score (nSPS) is 10.4. The predicted molar refractivity (Wildman–Crippen MR) is 66.4 cm³/mol. The van der Waals surface area contributed by atoms with E-state index in [0.29, 0.717) is 0 Å². The molecule has 2 rings (SSSR count). The lowest BCUT2D eigenvalue weighted by Gasteiger charge is -2.05. The first-order chi connectivity index (χ1) is 7.58. The first kappa shape index (κ1) is 10.5. The summed E-state index contributed by atoms with van der Waals surface area (Å²) in [5.74, 6) is 0. The fourth-order valence-corrected chi connectivity index (χ4v) is 1.59. The van der Waals surface area contributed by atoms with Gasteiger partial charge in [-0.15, -0.1) is 0 Å². The van der Waals surface area contributed by atoms with Crippen LogP contribution in [-0.4, -0.2) is 4.98 Å². The fraction of sp³-hybridized carbons (Fsp3) is 0.154. The first-order valence-corrected chi connectivity index (χ1v) is 5.14. The number of anilines is 1. The molecule has 0 atom stereocenters. The standard InChI is InChI=1S/C13H14N2O/c1-8-3-4-10(5-9(8)2)11-6-12(14)13(16)15-7-11/h3-7H,14H2,1-2H3,(H,15,16). The average molecular weight is 214 g/mol. The Hall–Kier alpha value is -2.03. The van der Waals surface area contributed by atoms with Crippen molar-refractivity contribution >= 4 is 5.69 Å². The number of hydrogen-bond acceptors (Lipinski definition) is 2. The van der Waals surface area contributed by atoms with Crippen molar-refractivity contribution in [1.82, 2.24) is 4.98 Å². The Bertz CT molecular complexity index is 585. The minimum Gasteiger partial charge on any atom is -0.394 e. The predicted octanol–water partition coefficient (Wildman–Crippen LogP) is 2.24. The molecule has 0 spiro atoms. The summed E-state index contributed by atoms with van der Waals surface area (Å²) in [7, 11) is 0. The molecule has 3 heteroatoms. The monoisotopic (exact) mass is 214 g/mol. The molecule has 0 bridgehead atoms. The van der Waals surface area contributed by atoms with Crippen LogP contribution in [0.4, 0.5) is 5.69 Å². The second-order valence-corrected chi connectivity index (χ2v) is 3.97. The van der Waals surface area contributed by atoms with Gasteiger partial charge in [-0.3, -0.25) is 4.79 Å². The van der Waals surface area contributed by atoms with Crippen LogP contribution in [0.1, 0.15) is 11.1 Å². The molecular formula is C13H14N2O. The lowest BCUT2D eigenvalue weighted by molar-refractivity contribution is 1.24. The molecule has 16 heavy (non-hydrogen) atoms. The third-order valence-electron chi connectivity index (χ3n) is 2.77. The van der Waals surface area contributed by atoms with Crippen LogP contribution in [0.15, 0.2) is 35.3 Å². The van der Waals surface area contributed by atoms with Gasteiger partial charge in [0, 0.05) is 11.8 Å². The van der Waals surface area contributed by atoms with E-state index in [0.717, 1.165) is 11.1 Å². The van der Waals surface area contributed by atoms with Crippen molar-refractivity contribution < 1.29 is 0 Å². The highest BCUT2D eigenvalue weighted by atomic mass is 16.1. The molecule has 0 aliphatic rings. The van der Waals surface area contributed by atoms with E-state index >= 15 is 0 Å². The maximum Gasteiger partial charge on any atom is 0.271 e. The molecule has 0 aliphatic heterocycles. The molecule has 0 aliphatic carbocycles. The summed E-state index contributed by atoms with van der Waals surface area (Å²) in [5, 5.41) is 0. The summed E-state index contributed by atoms with van der Waals surface area (Å²) in [6.07, 6.45) is 1.68. The smallest absolute Gasteiger partial charge is 0.271 e. The molecule has 3 N–H and O–H groups in total. The lowest BCUT2D eigenvalue weighted by atomic mass is 10.0. The Morgan fingerprint density at radius 2 is 1.81 bits per heavy atom. The molecule has 3 nitrogen and oxygen atoms in total. The largest absolute Gasteiger partial charge is 0.394 e. The molecule has 0 fully saturated rings. The number of aryl methyl sites for hydroxylation is 2. The number of nitrogens with two attached hydrogens (primary N) is 1. The molecule has 2 aromatic rings. The third-order valence-corrected chi connectivity index (χ3v) is 2.77. The van der Waals surface area contributed by atoms with Gasteiger partial charge in [0.05, 0.1) is 5.69 Å².